The average molecular weight is 427 g/mol. The minimum atomic E-state index is -0.487. The fourth-order valence-electron chi connectivity index (χ4n) is 3.68. The second-order valence-corrected chi connectivity index (χ2v) is 8.40. The number of nitriles is 1. The second kappa shape index (κ2) is 8.73. The molecule has 4 rings (SSSR count). The fourth-order valence-corrected chi connectivity index (χ4v) is 4.95. The molecule has 30 heavy (non-hydrogen) atoms. The standard InChI is InChI=1S/C21H21N3O5S/c22-11-17-16-5-3-15(29-21(27)24-8-7-13(25)12-24)10-18(16)30-20(17)23-19(26)6-4-14-2-1-9-28-14/h1-2,4,6,9,13,15,25H,3,5,7-8,10,12H2,(H,23,26)/b6-4+. The number of carbonyl (C=O) groups is 2. The molecular weight excluding hydrogens is 406 g/mol. The molecule has 8 nitrogen and oxygen atoms in total. The third kappa shape index (κ3) is 4.40. The summed E-state index contributed by atoms with van der Waals surface area (Å²) in [6.45, 7) is 0.799. The Kier molecular flexibility index (Phi) is 5.88. The van der Waals surface area contributed by atoms with E-state index in [1.54, 1.807) is 18.2 Å². The van der Waals surface area contributed by atoms with Crippen molar-refractivity contribution in [2.45, 2.75) is 37.9 Å². The van der Waals surface area contributed by atoms with Crippen LogP contribution in [0.5, 0.6) is 0 Å². The lowest BCUT2D eigenvalue weighted by atomic mass is 9.94. The van der Waals surface area contributed by atoms with Crippen molar-refractivity contribution in [3.05, 3.63) is 46.2 Å². The average Bonchev–Trinajstić information content (AvgIpc) is 3.45. The number of hydrogen-bond acceptors (Lipinski definition) is 7. The number of nitrogens with one attached hydrogen (secondary N) is 1. The smallest absolute Gasteiger partial charge is 0.410 e. The van der Waals surface area contributed by atoms with Gasteiger partial charge >= 0.3 is 6.09 Å². The summed E-state index contributed by atoms with van der Waals surface area (Å²) in [6.07, 6.45) is 5.55. The number of β-amino-alcohol motifs (C(OH)–C–C–N with tert-alkyl or cyclic N) is 1. The van der Waals surface area contributed by atoms with Crippen LogP contribution in [0.4, 0.5) is 9.80 Å². The molecule has 1 aliphatic heterocycles. The maximum Gasteiger partial charge on any atom is 0.410 e. The van der Waals surface area contributed by atoms with E-state index < -0.39 is 12.2 Å². The predicted octanol–water partition coefficient (Wildman–Crippen LogP) is 2.93. The zero-order chi connectivity index (χ0) is 21.1. The summed E-state index contributed by atoms with van der Waals surface area (Å²) < 4.78 is 10.8. The van der Waals surface area contributed by atoms with E-state index in [-0.39, 0.29) is 12.0 Å². The van der Waals surface area contributed by atoms with Gasteiger partial charge in [-0.25, -0.2) is 4.79 Å². The van der Waals surface area contributed by atoms with Crippen LogP contribution in [0, 0.1) is 11.3 Å². The normalized spacial score (nSPS) is 20.7. The van der Waals surface area contributed by atoms with Gasteiger partial charge in [0.15, 0.2) is 0 Å². The molecule has 2 amide bonds. The Balaban J connectivity index is 1.41. The monoisotopic (exact) mass is 427 g/mol. The number of furan rings is 1. The number of carbonyl (C=O) groups excluding carboxylic acids is 2. The van der Waals surface area contributed by atoms with Gasteiger partial charge in [0.05, 0.1) is 17.9 Å². The molecule has 3 heterocycles. The Bertz CT molecular complexity index is 1000. The van der Waals surface area contributed by atoms with E-state index >= 15 is 0 Å². The number of likely N-dealkylation sites (tertiary alicyclic amines) is 1. The largest absolute Gasteiger partial charge is 0.465 e. The van der Waals surface area contributed by atoms with E-state index in [1.807, 2.05) is 0 Å². The summed E-state index contributed by atoms with van der Waals surface area (Å²) in [6, 6.07) is 5.66. The number of rotatable bonds is 4. The molecule has 2 aliphatic rings. The van der Waals surface area contributed by atoms with E-state index in [9.17, 15) is 20.0 Å². The molecule has 2 aromatic rings. The molecule has 0 saturated carbocycles. The summed E-state index contributed by atoms with van der Waals surface area (Å²) in [5.41, 5.74) is 1.39. The molecule has 2 unspecified atom stereocenters. The molecule has 0 spiro atoms. The van der Waals surface area contributed by atoms with Gasteiger partial charge in [0, 0.05) is 30.5 Å². The van der Waals surface area contributed by atoms with E-state index in [0.29, 0.717) is 55.1 Å². The number of ether oxygens (including phenoxy) is 1. The molecule has 1 aliphatic carbocycles. The molecule has 1 fully saturated rings. The van der Waals surface area contributed by atoms with E-state index in [2.05, 4.69) is 11.4 Å². The van der Waals surface area contributed by atoms with Crippen molar-refractivity contribution in [3.63, 3.8) is 0 Å². The number of nitrogens with zero attached hydrogens (tertiary/aromatic N) is 2. The summed E-state index contributed by atoms with van der Waals surface area (Å²) in [5.74, 6) is 0.211. The first-order chi connectivity index (χ1) is 14.5. The van der Waals surface area contributed by atoms with Crippen molar-refractivity contribution in [1.29, 1.82) is 5.26 Å². The molecule has 2 atom stereocenters. The predicted molar refractivity (Wildman–Crippen MR) is 110 cm³/mol. The highest BCUT2D eigenvalue weighted by molar-refractivity contribution is 7.16. The molecule has 156 valence electrons. The number of thiophene rings is 1. The highest BCUT2D eigenvalue weighted by Gasteiger charge is 2.31. The van der Waals surface area contributed by atoms with Gasteiger partial charge in [-0.15, -0.1) is 11.3 Å². The van der Waals surface area contributed by atoms with Crippen LogP contribution in [0.2, 0.25) is 0 Å². The lowest BCUT2D eigenvalue weighted by Crippen LogP contribution is -2.35. The van der Waals surface area contributed by atoms with Crippen LogP contribution < -0.4 is 5.32 Å². The lowest BCUT2D eigenvalue weighted by Gasteiger charge is -2.25. The van der Waals surface area contributed by atoms with Gasteiger partial charge in [-0.1, -0.05) is 0 Å². The van der Waals surface area contributed by atoms with E-state index in [0.717, 1.165) is 10.4 Å². The highest BCUT2D eigenvalue weighted by Crippen LogP contribution is 2.38. The molecular formula is C21H21N3O5S. The van der Waals surface area contributed by atoms with E-state index in [4.69, 9.17) is 9.15 Å². The topological polar surface area (TPSA) is 116 Å². The van der Waals surface area contributed by atoms with Gasteiger partial charge in [0.25, 0.3) is 0 Å². The molecule has 0 aromatic carbocycles. The minimum Gasteiger partial charge on any atom is -0.465 e. The maximum atomic E-state index is 12.3. The number of amides is 2. The van der Waals surface area contributed by atoms with Crippen molar-refractivity contribution in [2.24, 2.45) is 0 Å². The van der Waals surface area contributed by atoms with Crippen LogP contribution in [0.25, 0.3) is 6.08 Å². The molecule has 9 heteroatoms. The van der Waals surface area contributed by atoms with Crippen molar-refractivity contribution in [3.8, 4) is 6.07 Å². The van der Waals surface area contributed by atoms with Crippen LogP contribution in [-0.4, -0.2) is 47.3 Å². The van der Waals surface area contributed by atoms with Crippen LogP contribution in [-0.2, 0) is 22.4 Å². The Hall–Kier alpha value is -3.09. The Labute approximate surface area is 177 Å². The molecule has 1 saturated heterocycles. The first kappa shape index (κ1) is 20.2. The van der Waals surface area contributed by atoms with Gasteiger partial charge in [0.2, 0.25) is 5.91 Å². The van der Waals surface area contributed by atoms with Crippen LogP contribution in [0.3, 0.4) is 0 Å². The minimum absolute atomic E-state index is 0.282. The highest BCUT2D eigenvalue weighted by atomic mass is 32.1. The summed E-state index contributed by atoms with van der Waals surface area (Å²) >= 11 is 1.35. The quantitative estimate of drug-likeness (QED) is 0.725. The zero-order valence-electron chi connectivity index (χ0n) is 16.2. The van der Waals surface area contributed by atoms with Gasteiger partial charge in [-0.3, -0.25) is 4.79 Å². The SMILES string of the molecule is N#Cc1c(NC(=O)/C=C/c2ccco2)sc2c1CCC(OC(=O)N1CCC(O)C1)C2. The summed E-state index contributed by atoms with van der Waals surface area (Å²) in [4.78, 5) is 27.0. The maximum absolute atomic E-state index is 12.3. The zero-order valence-corrected chi connectivity index (χ0v) is 17.0. The van der Waals surface area contributed by atoms with Crippen LogP contribution in [0.15, 0.2) is 28.9 Å². The third-order valence-corrected chi connectivity index (χ3v) is 6.37. The van der Waals surface area contributed by atoms with Gasteiger partial charge in [-0.05, 0) is 43.0 Å². The summed E-state index contributed by atoms with van der Waals surface area (Å²) in [7, 11) is 0. The molecule has 0 radical (unpaired) electrons. The second-order valence-electron chi connectivity index (χ2n) is 7.29. The van der Waals surface area contributed by atoms with Crippen molar-refractivity contribution in [2.75, 3.05) is 18.4 Å². The number of aliphatic hydroxyl groups is 1. The Morgan fingerprint density at radius 2 is 2.30 bits per heavy atom. The van der Waals surface area contributed by atoms with Gasteiger partial charge in [-0.2, -0.15) is 5.26 Å². The Morgan fingerprint density at radius 1 is 1.43 bits per heavy atom. The van der Waals surface area contributed by atoms with Crippen molar-refractivity contribution >= 4 is 34.4 Å². The first-order valence-corrected chi connectivity index (χ1v) is 10.6. The molecule has 2 aromatic heterocycles. The molecule has 2 N–H and O–H groups in total. The van der Waals surface area contributed by atoms with Gasteiger partial charge < -0.3 is 24.5 Å². The summed E-state index contributed by atoms with van der Waals surface area (Å²) in [5, 5.41) is 22.5. The van der Waals surface area contributed by atoms with Crippen LogP contribution >= 0.6 is 11.3 Å². The van der Waals surface area contributed by atoms with Crippen molar-refractivity contribution in [1.82, 2.24) is 4.90 Å². The lowest BCUT2D eigenvalue weighted by molar-refractivity contribution is -0.111. The number of anilines is 1. The number of fused-ring (bicyclic) bond motifs is 1. The third-order valence-electron chi connectivity index (χ3n) is 5.20. The van der Waals surface area contributed by atoms with E-state index in [1.165, 1.54) is 28.6 Å². The molecule has 0 bridgehead atoms. The number of hydrogen-bond donors (Lipinski definition) is 2. The fraction of sp³-hybridized carbons (Fsp3) is 0.381. The number of aliphatic hydroxyl groups excluding tert-OH is 1. The van der Waals surface area contributed by atoms with Gasteiger partial charge in [0.1, 0.15) is 22.9 Å². The first-order valence-electron chi connectivity index (χ1n) is 9.74. The van der Waals surface area contributed by atoms with Crippen LogP contribution in [0.1, 0.15) is 34.6 Å². The van der Waals surface area contributed by atoms with Crippen molar-refractivity contribution < 1.29 is 23.8 Å². The Morgan fingerprint density at radius 3 is 3.00 bits per heavy atom.